The van der Waals surface area contributed by atoms with E-state index in [4.69, 9.17) is 21.1 Å². The van der Waals surface area contributed by atoms with Crippen molar-refractivity contribution >= 4 is 17.6 Å². The van der Waals surface area contributed by atoms with Gasteiger partial charge in [-0.15, -0.1) is 0 Å². The van der Waals surface area contributed by atoms with Crippen molar-refractivity contribution in [3.63, 3.8) is 0 Å². The number of ether oxygens (including phenoxy) is 2. The van der Waals surface area contributed by atoms with Crippen LogP contribution in [0.2, 0.25) is 5.02 Å². The van der Waals surface area contributed by atoms with Crippen LogP contribution in [0.4, 0.5) is 4.39 Å². The third-order valence-electron chi connectivity index (χ3n) is 4.79. The van der Waals surface area contributed by atoms with Gasteiger partial charge in [-0.1, -0.05) is 37.6 Å². The van der Waals surface area contributed by atoms with E-state index in [1.165, 1.54) is 24.3 Å². The number of esters is 1. The van der Waals surface area contributed by atoms with Gasteiger partial charge in [0.15, 0.2) is 0 Å². The van der Waals surface area contributed by atoms with Crippen molar-refractivity contribution in [3.8, 4) is 23.3 Å². The largest absolute Gasteiger partial charge is 0.457 e. The number of benzene rings is 3. The van der Waals surface area contributed by atoms with E-state index >= 15 is 0 Å². The second-order valence-electron chi connectivity index (χ2n) is 7.38. The Balaban J connectivity index is 1.83. The average molecular weight is 438 g/mol. The van der Waals surface area contributed by atoms with Crippen LogP contribution in [-0.2, 0) is 4.79 Å². The Kier molecular flexibility index (Phi) is 7.28. The third kappa shape index (κ3) is 5.84. The number of hydrogen-bond acceptors (Lipinski definition) is 4. The summed E-state index contributed by atoms with van der Waals surface area (Å²) in [6, 6.07) is 21.3. The summed E-state index contributed by atoms with van der Waals surface area (Å²) in [5, 5.41) is 10.4. The van der Waals surface area contributed by atoms with Gasteiger partial charge >= 0.3 is 5.97 Å². The Morgan fingerprint density at radius 3 is 2.23 bits per heavy atom. The first kappa shape index (κ1) is 22.3. The summed E-state index contributed by atoms with van der Waals surface area (Å²) in [4.78, 5) is 12.9. The predicted molar refractivity (Wildman–Crippen MR) is 117 cm³/mol. The number of carbonyl (C=O) groups excluding carboxylic acids is 1. The van der Waals surface area contributed by atoms with Gasteiger partial charge in [-0.3, -0.25) is 4.79 Å². The van der Waals surface area contributed by atoms with Gasteiger partial charge in [0.1, 0.15) is 23.1 Å². The van der Waals surface area contributed by atoms with E-state index in [9.17, 15) is 14.4 Å². The maximum atomic E-state index is 13.1. The average Bonchev–Trinajstić information content (AvgIpc) is 2.75. The van der Waals surface area contributed by atoms with E-state index in [1.807, 2.05) is 13.8 Å². The molecule has 2 atom stereocenters. The van der Waals surface area contributed by atoms with Crippen LogP contribution in [0.3, 0.4) is 0 Å². The van der Waals surface area contributed by atoms with Gasteiger partial charge in [0.25, 0.3) is 0 Å². The van der Waals surface area contributed by atoms with Crippen LogP contribution in [0.15, 0.2) is 72.8 Å². The van der Waals surface area contributed by atoms with Crippen LogP contribution in [0.5, 0.6) is 17.2 Å². The van der Waals surface area contributed by atoms with Crippen LogP contribution in [-0.4, -0.2) is 5.97 Å². The Labute approximate surface area is 185 Å². The van der Waals surface area contributed by atoms with Crippen molar-refractivity contribution in [1.29, 1.82) is 5.26 Å². The summed E-state index contributed by atoms with van der Waals surface area (Å²) >= 11 is 5.88. The SMILES string of the molecule is CC(C)C(C(=O)Oc1ccc(Cl)cc1)C(C#N)c1cccc(Oc2ccc(F)cc2)c1. The minimum atomic E-state index is -0.739. The zero-order chi connectivity index (χ0) is 22.4. The van der Waals surface area contributed by atoms with Gasteiger partial charge in [0, 0.05) is 5.02 Å². The van der Waals surface area contributed by atoms with E-state index in [0.717, 1.165) is 0 Å². The first-order valence-electron chi connectivity index (χ1n) is 9.77. The maximum absolute atomic E-state index is 13.1. The minimum Gasteiger partial charge on any atom is -0.457 e. The van der Waals surface area contributed by atoms with E-state index in [2.05, 4.69) is 6.07 Å². The van der Waals surface area contributed by atoms with Crippen molar-refractivity contribution in [2.24, 2.45) is 11.8 Å². The summed E-state index contributed by atoms with van der Waals surface area (Å²) in [5.41, 5.74) is 0.633. The van der Waals surface area contributed by atoms with Crippen LogP contribution < -0.4 is 9.47 Å². The first-order valence-corrected chi connectivity index (χ1v) is 10.2. The number of nitrogens with zero attached hydrogens (tertiary/aromatic N) is 1. The monoisotopic (exact) mass is 437 g/mol. The Morgan fingerprint density at radius 1 is 0.968 bits per heavy atom. The number of hydrogen-bond donors (Lipinski definition) is 0. The zero-order valence-electron chi connectivity index (χ0n) is 17.1. The number of halogens is 2. The highest BCUT2D eigenvalue weighted by molar-refractivity contribution is 6.30. The number of carbonyl (C=O) groups is 1. The van der Waals surface area contributed by atoms with Crippen molar-refractivity contribution in [1.82, 2.24) is 0 Å². The lowest BCUT2D eigenvalue weighted by atomic mass is 9.80. The summed E-state index contributed by atoms with van der Waals surface area (Å²) in [6.45, 7) is 3.74. The van der Waals surface area contributed by atoms with Gasteiger partial charge in [-0.05, 0) is 72.1 Å². The van der Waals surface area contributed by atoms with Gasteiger partial charge in [0.05, 0.1) is 17.9 Å². The van der Waals surface area contributed by atoms with E-state index in [0.29, 0.717) is 27.8 Å². The molecule has 4 nitrogen and oxygen atoms in total. The van der Waals surface area contributed by atoms with E-state index < -0.39 is 17.8 Å². The highest BCUT2D eigenvalue weighted by atomic mass is 35.5. The fourth-order valence-electron chi connectivity index (χ4n) is 3.25. The topological polar surface area (TPSA) is 59.3 Å². The smallest absolute Gasteiger partial charge is 0.316 e. The molecule has 0 aromatic heterocycles. The fraction of sp³-hybridized carbons (Fsp3) is 0.200. The summed E-state index contributed by atoms with van der Waals surface area (Å²) in [5.74, 6) is -1.11. The highest BCUT2D eigenvalue weighted by Crippen LogP contribution is 2.34. The maximum Gasteiger partial charge on any atom is 0.316 e. The minimum absolute atomic E-state index is 0.147. The molecule has 0 heterocycles. The molecular weight excluding hydrogens is 417 g/mol. The second-order valence-corrected chi connectivity index (χ2v) is 7.82. The molecule has 3 aromatic rings. The lowest BCUT2D eigenvalue weighted by molar-refractivity contribution is -0.140. The molecule has 0 N–H and O–H groups in total. The molecule has 0 radical (unpaired) electrons. The first-order chi connectivity index (χ1) is 14.9. The Hall–Kier alpha value is -3.36. The molecule has 0 saturated heterocycles. The molecular formula is C25H21ClFNO3. The van der Waals surface area contributed by atoms with Crippen LogP contribution in [0.25, 0.3) is 0 Å². The van der Waals surface area contributed by atoms with Gasteiger partial charge in [-0.25, -0.2) is 4.39 Å². The highest BCUT2D eigenvalue weighted by Gasteiger charge is 2.34. The lowest BCUT2D eigenvalue weighted by Gasteiger charge is -2.24. The van der Waals surface area contributed by atoms with Crippen molar-refractivity contribution in [2.45, 2.75) is 19.8 Å². The zero-order valence-corrected chi connectivity index (χ0v) is 17.8. The number of nitriles is 1. The molecule has 158 valence electrons. The van der Waals surface area contributed by atoms with Crippen LogP contribution in [0, 0.1) is 29.0 Å². The molecule has 0 aliphatic heterocycles. The van der Waals surface area contributed by atoms with E-state index in [-0.39, 0.29) is 11.7 Å². The van der Waals surface area contributed by atoms with Crippen molar-refractivity contribution in [2.75, 3.05) is 0 Å². The molecule has 0 spiro atoms. The number of rotatable bonds is 7. The Morgan fingerprint density at radius 2 is 1.61 bits per heavy atom. The molecule has 31 heavy (non-hydrogen) atoms. The molecule has 6 heteroatoms. The van der Waals surface area contributed by atoms with E-state index in [1.54, 1.807) is 48.5 Å². The quantitative estimate of drug-likeness (QED) is 0.303. The molecule has 0 saturated carbocycles. The molecule has 0 fully saturated rings. The van der Waals surface area contributed by atoms with Gasteiger partial charge in [-0.2, -0.15) is 5.26 Å². The van der Waals surface area contributed by atoms with Gasteiger partial charge in [0.2, 0.25) is 0 Å². The van der Waals surface area contributed by atoms with Crippen LogP contribution >= 0.6 is 11.6 Å². The van der Waals surface area contributed by atoms with Crippen LogP contribution in [0.1, 0.15) is 25.3 Å². The fourth-order valence-corrected chi connectivity index (χ4v) is 3.38. The molecule has 0 amide bonds. The van der Waals surface area contributed by atoms with Crippen molar-refractivity contribution < 1.29 is 18.7 Å². The molecule has 0 aliphatic carbocycles. The molecule has 3 rings (SSSR count). The standard InChI is InChI=1S/C25H21ClFNO3/c1-16(2)24(25(29)31-21-10-6-18(26)7-11-21)23(15-28)17-4-3-5-22(14-17)30-20-12-8-19(27)9-13-20/h3-14,16,23-24H,1-2H3. The molecule has 0 aliphatic rings. The van der Waals surface area contributed by atoms with Crippen molar-refractivity contribution in [3.05, 3.63) is 89.2 Å². The summed E-state index contributed by atoms with van der Waals surface area (Å²) in [7, 11) is 0. The lowest BCUT2D eigenvalue weighted by Crippen LogP contribution is -2.30. The second kappa shape index (κ2) is 10.1. The summed E-state index contributed by atoms with van der Waals surface area (Å²) < 4.78 is 24.4. The third-order valence-corrected chi connectivity index (χ3v) is 5.04. The Bertz CT molecular complexity index is 1080. The predicted octanol–water partition coefficient (Wildman–Crippen LogP) is 6.76. The molecule has 0 bridgehead atoms. The normalized spacial score (nSPS) is 12.6. The molecule has 2 unspecified atom stereocenters. The van der Waals surface area contributed by atoms with Gasteiger partial charge < -0.3 is 9.47 Å². The summed E-state index contributed by atoms with van der Waals surface area (Å²) in [6.07, 6.45) is 0. The molecule has 3 aromatic carbocycles.